The second-order valence-electron chi connectivity index (χ2n) is 9.09. The van der Waals surface area contributed by atoms with E-state index in [9.17, 15) is 9.90 Å². The Hall–Kier alpha value is -2.40. The maximum absolute atomic E-state index is 11.2. The van der Waals surface area contributed by atoms with Crippen LogP contribution in [-0.2, 0) is 24.1 Å². The first kappa shape index (κ1) is 24.2. The van der Waals surface area contributed by atoms with Gasteiger partial charge in [0, 0.05) is 11.1 Å². The molecule has 0 aromatic carbocycles. The number of nitrogens with zero attached hydrogens (tertiary/aromatic N) is 2. The number of hydrogen-bond acceptors (Lipinski definition) is 3. The molecular weight excluding hydrogens is 416 g/mol. The molecule has 0 amide bonds. The first-order valence-corrected chi connectivity index (χ1v) is 12.6. The van der Waals surface area contributed by atoms with Crippen LogP contribution in [0.5, 0.6) is 0 Å². The Kier molecular flexibility index (Phi) is 7.94. The van der Waals surface area contributed by atoms with Gasteiger partial charge in [-0.2, -0.15) is 0 Å². The highest BCUT2D eigenvalue weighted by atomic mass is 32.1. The third-order valence-electron chi connectivity index (χ3n) is 7.22. The van der Waals surface area contributed by atoms with Crippen LogP contribution in [0.25, 0.3) is 10.7 Å². The van der Waals surface area contributed by atoms with E-state index in [0.29, 0.717) is 17.0 Å². The highest BCUT2D eigenvalue weighted by Crippen LogP contribution is 2.44. The average Bonchev–Trinajstić information content (AvgIpc) is 3.39. The molecule has 172 valence electrons. The molecule has 0 aliphatic heterocycles. The summed E-state index contributed by atoms with van der Waals surface area (Å²) in [4.78, 5) is 15.9. The number of hydrogen-bond donors (Lipinski definition) is 1. The molecule has 5 heteroatoms. The summed E-state index contributed by atoms with van der Waals surface area (Å²) in [5.41, 5.74) is 6.10. The average molecular weight is 453 g/mol. The maximum atomic E-state index is 11.2. The third kappa shape index (κ3) is 5.15. The van der Waals surface area contributed by atoms with Gasteiger partial charge in [0.05, 0.1) is 17.8 Å². The quantitative estimate of drug-likeness (QED) is 0.416. The lowest BCUT2D eigenvalue weighted by Crippen LogP contribution is -2.31. The summed E-state index contributed by atoms with van der Waals surface area (Å²) in [6, 6.07) is 2.35. The Morgan fingerprint density at radius 3 is 2.72 bits per heavy atom. The fraction of sp³-hybridized carbons (Fsp3) is 0.481. The van der Waals surface area contributed by atoms with Crippen molar-refractivity contribution in [2.24, 2.45) is 11.3 Å². The molecule has 0 saturated heterocycles. The van der Waals surface area contributed by atoms with Gasteiger partial charge in [0.15, 0.2) is 5.13 Å². The standard InChI is InChI=1S/C27H36N2O2S/c1-6-9-10-11-12-19(4)24-16-20-15-21(27(5,7-2)8-3)13-14-23(20)29(24)26-28-22(18-32-26)17-25(30)31/h6,9-12,16,18,21H,7-8,13-15,17H2,1-5H3,(H,30,31)/b9-6-,11-10-,19-12+. The van der Waals surface area contributed by atoms with Gasteiger partial charge in [-0.15, -0.1) is 11.3 Å². The molecule has 3 rings (SSSR count). The summed E-state index contributed by atoms with van der Waals surface area (Å²) in [5, 5.41) is 11.9. The van der Waals surface area contributed by atoms with Crippen molar-refractivity contribution in [2.45, 2.75) is 73.1 Å². The van der Waals surface area contributed by atoms with Crippen molar-refractivity contribution in [1.82, 2.24) is 9.55 Å². The van der Waals surface area contributed by atoms with Gasteiger partial charge >= 0.3 is 5.97 Å². The predicted octanol–water partition coefficient (Wildman–Crippen LogP) is 7.03. The molecule has 2 heterocycles. The van der Waals surface area contributed by atoms with Crippen molar-refractivity contribution < 1.29 is 9.90 Å². The van der Waals surface area contributed by atoms with E-state index in [1.54, 1.807) is 0 Å². The Bertz CT molecular complexity index is 1030. The van der Waals surface area contributed by atoms with E-state index in [2.05, 4.69) is 50.5 Å². The summed E-state index contributed by atoms with van der Waals surface area (Å²) in [5.74, 6) is -0.158. The summed E-state index contributed by atoms with van der Waals surface area (Å²) >= 11 is 1.53. The Labute approximate surface area is 196 Å². The van der Waals surface area contributed by atoms with Crippen molar-refractivity contribution in [3.8, 4) is 5.13 Å². The minimum atomic E-state index is -0.844. The van der Waals surface area contributed by atoms with Crippen LogP contribution in [0.2, 0.25) is 0 Å². The minimum absolute atomic E-state index is 0.0381. The van der Waals surface area contributed by atoms with E-state index in [4.69, 9.17) is 4.98 Å². The zero-order valence-electron chi connectivity index (χ0n) is 20.0. The Morgan fingerprint density at radius 1 is 1.31 bits per heavy atom. The number of fused-ring (bicyclic) bond motifs is 1. The van der Waals surface area contributed by atoms with Crippen molar-refractivity contribution >= 4 is 22.9 Å². The molecule has 1 unspecified atom stereocenters. The number of carbonyl (C=O) groups is 1. The van der Waals surface area contributed by atoms with E-state index >= 15 is 0 Å². The monoisotopic (exact) mass is 452 g/mol. The van der Waals surface area contributed by atoms with Gasteiger partial charge in [-0.3, -0.25) is 9.36 Å². The number of carboxylic acids is 1. The lowest BCUT2D eigenvalue weighted by molar-refractivity contribution is -0.136. The smallest absolute Gasteiger partial charge is 0.309 e. The van der Waals surface area contributed by atoms with Crippen molar-refractivity contribution in [3.63, 3.8) is 0 Å². The van der Waals surface area contributed by atoms with Crippen LogP contribution < -0.4 is 0 Å². The molecule has 2 aromatic heterocycles. The Morgan fingerprint density at radius 2 is 2.06 bits per heavy atom. The zero-order chi connectivity index (χ0) is 23.3. The summed E-state index contributed by atoms with van der Waals surface area (Å²) in [7, 11) is 0. The largest absolute Gasteiger partial charge is 0.481 e. The molecule has 1 aliphatic rings. The number of allylic oxidation sites excluding steroid dienone is 6. The molecule has 1 aliphatic carbocycles. The molecule has 2 aromatic rings. The van der Waals surface area contributed by atoms with Gasteiger partial charge in [-0.25, -0.2) is 4.98 Å². The highest BCUT2D eigenvalue weighted by Gasteiger charge is 2.35. The van der Waals surface area contributed by atoms with Crippen LogP contribution in [0.1, 0.15) is 76.5 Å². The van der Waals surface area contributed by atoms with Crippen LogP contribution in [0.15, 0.2) is 41.8 Å². The molecule has 0 fully saturated rings. The molecule has 0 spiro atoms. The fourth-order valence-corrected chi connectivity index (χ4v) is 5.62. The number of aromatic nitrogens is 2. The van der Waals surface area contributed by atoms with Gasteiger partial charge in [0.1, 0.15) is 0 Å². The summed E-state index contributed by atoms with van der Waals surface area (Å²) in [6.07, 6.45) is 16.0. The molecule has 1 atom stereocenters. The van der Waals surface area contributed by atoms with Crippen molar-refractivity contribution in [2.75, 3.05) is 0 Å². The maximum Gasteiger partial charge on any atom is 0.309 e. The van der Waals surface area contributed by atoms with Crippen molar-refractivity contribution in [3.05, 3.63) is 64.5 Å². The Balaban J connectivity index is 2.06. The van der Waals surface area contributed by atoms with E-state index < -0.39 is 5.97 Å². The molecule has 4 nitrogen and oxygen atoms in total. The number of thiazole rings is 1. The van der Waals surface area contributed by atoms with Gasteiger partial charge in [0.25, 0.3) is 0 Å². The normalized spacial score (nSPS) is 17.4. The third-order valence-corrected chi connectivity index (χ3v) is 8.09. The molecule has 0 saturated carbocycles. The van der Waals surface area contributed by atoms with Gasteiger partial charge in [-0.1, -0.05) is 64.0 Å². The number of rotatable bonds is 9. The zero-order valence-corrected chi connectivity index (χ0v) is 20.8. The first-order valence-electron chi connectivity index (χ1n) is 11.7. The molecule has 0 bridgehead atoms. The van der Waals surface area contributed by atoms with Crippen LogP contribution in [0.3, 0.4) is 0 Å². The lowest BCUT2D eigenvalue weighted by atomic mass is 9.66. The van der Waals surface area contributed by atoms with Gasteiger partial charge < -0.3 is 5.11 Å². The molecular formula is C27H36N2O2S. The van der Waals surface area contributed by atoms with E-state index in [1.807, 2.05) is 30.5 Å². The predicted molar refractivity (Wildman–Crippen MR) is 135 cm³/mol. The molecule has 0 radical (unpaired) electrons. The van der Waals surface area contributed by atoms with Crippen LogP contribution >= 0.6 is 11.3 Å². The van der Waals surface area contributed by atoms with E-state index in [-0.39, 0.29) is 6.42 Å². The van der Waals surface area contributed by atoms with Crippen LogP contribution in [0.4, 0.5) is 0 Å². The second-order valence-corrected chi connectivity index (χ2v) is 9.93. The number of aliphatic carboxylic acids is 1. The SMILES string of the molecule is C\C=C/C=C\C=C(/C)c1cc2c(n1-c1nc(CC(=O)O)cs1)CCC(C(C)(CC)CC)C2. The first-order chi connectivity index (χ1) is 15.3. The van der Waals surface area contributed by atoms with E-state index in [1.165, 1.54) is 47.4 Å². The summed E-state index contributed by atoms with van der Waals surface area (Å²) in [6.45, 7) is 11.2. The molecule has 32 heavy (non-hydrogen) atoms. The fourth-order valence-electron chi connectivity index (χ4n) is 4.76. The molecule has 1 N–H and O–H groups in total. The van der Waals surface area contributed by atoms with Gasteiger partial charge in [-0.05, 0) is 61.6 Å². The van der Waals surface area contributed by atoms with Crippen LogP contribution in [-0.4, -0.2) is 20.6 Å². The topological polar surface area (TPSA) is 55.1 Å². The second kappa shape index (κ2) is 10.5. The van der Waals surface area contributed by atoms with Gasteiger partial charge in [0.2, 0.25) is 0 Å². The van der Waals surface area contributed by atoms with Crippen LogP contribution in [0, 0.1) is 11.3 Å². The van der Waals surface area contributed by atoms with E-state index in [0.717, 1.165) is 23.7 Å². The number of carboxylic acid groups (broad SMARTS) is 1. The minimum Gasteiger partial charge on any atom is -0.481 e. The van der Waals surface area contributed by atoms with Crippen molar-refractivity contribution in [1.29, 1.82) is 0 Å². The lowest BCUT2D eigenvalue weighted by Gasteiger charge is -2.39. The highest BCUT2D eigenvalue weighted by molar-refractivity contribution is 7.12. The summed E-state index contributed by atoms with van der Waals surface area (Å²) < 4.78 is 2.28.